The van der Waals surface area contributed by atoms with Gasteiger partial charge in [0.1, 0.15) is 11.6 Å². The molecule has 1 amide bonds. The molecule has 0 unspecified atom stereocenters. The van der Waals surface area contributed by atoms with Crippen LogP contribution in [-0.2, 0) is 24.1 Å². The van der Waals surface area contributed by atoms with Crippen molar-refractivity contribution >= 4 is 17.7 Å². The number of carbonyl (C=O) groups excluding carboxylic acids is 1. The summed E-state index contributed by atoms with van der Waals surface area (Å²) in [4.78, 5) is 24.0. The first-order chi connectivity index (χ1) is 15.5. The third-order valence-corrected chi connectivity index (χ3v) is 6.63. The van der Waals surface area contributed by atoms with Gasteiger partial charge in [-0.05, 0) is 75.0 Å². The summed E-state index contributed by atoms with van der Waals surface area (Å²) in [7, 11) is 4.10. The van der Waals surface area contributed by atoms with Gasteiger partial charge in [-0.15, -0.1) is 0 Å². The van der Waals surface area contributed by atoms with Crippen LogP contribution in [0.1, 0.15) is 55.3 Å². The van der Waals surface area contributed by atoms with E-state index in [4.69, 9.17) is 9.97 Å². The number of benzene rings is 1. The maximum absolute atomic E-state index is 13.0. The van der Waals surface area contributed by atoms with E-state index in [-0.39, 0.29) is 11.7 Å². The largest absolute Gasteiger partial charge is 0.362 e. The first-order valence-corrected chi connectivity index (χ1v) is 11.8. The van der Waals surface area contributed by atoms with E-state index in [0.29, 0.717) is 24.9 Å². The standard InChI is InChI=1S/C25H34FN5O/c1-31(2)24-21-5-3-4-6-22(21)29-25(30-24)28-20-13-9-18(10-14-20)16-27-23(32)15-17-7-11-19(26)12-8-17/h7-8,11-12,18,20H,3-6,9-10,13-16H2,1-2H3,(H,27,32)(H,28,29,30). The predicted octanol–water partition coefficient (Wildman–Crippen LogP) is 3.89. The highest BCUT2D eigenvalue weighted by atomic mass is 19.1. The minimum absolute atomic E-state index is 0.00414. The Morgan fingerprint density at radius 3 is 2.50 bits per heavy atom. The molecule has 0 aliphatic heterocycles. The molecule has 1 saturated carbocycles. The molecule has 0 atom stereocenters. The Hall–Kier alpha value is -2.70. The molecule has 2 N–H and O–H groups in total. The second-order valence-electron chi connectivity index (χ2n) is 9.37. The van der Waals surface area contributed by atoms with Crippen LogP contribution in [-0.4, -0.2) is 42.6 Å². The zero-order chi connectivity index (χ0) is 22.5. The molecular weight excluding hydrogens is 405 g/mol. The van der Waals surface area contributed by atoms with Crippen molar-refractivity contribution < 1.29 is 9.18 Å². The second kappa shape index (κ2) is 10.3. The van der Waals surface area contributed by atoms with Crippen LogP contribution in [0.15, 0.2) is 24.3 Å². The van der Waals surface area contributed by atoms with Crippen molar-refractivity contribution in [3.63, 3.8) is 0 Å². The molecular formula is C25H34FN5O. The number of amides is 1. The summed E-state index contributed by atoms with van der Waals surface area (Å²) >= 11 is 0. The van der Waals surface area contributed by atoms with E-state index >= 15 is 0 Å². The summed E-state index contributed by atoms with van der Waals surface area (Å²) in [6, 6.07) is 6.49. The molecule has 1 fully saturated rings. The second-order valence-corrected chi connectivity index (χ2v) is 9.37. The summed E-state index contributed by atoms with van der Waals surface area (Å²) in [5.74, 6) is 2.01. The molecule has 172 valence electrons. The predicted molar refractivity (Wildman–Crippen MR) is 125 cm³/mol. The van der Waals surface area contributed by atoms with E-state index in [0.717, 1.165) is 55.9 Å². The number of rotatable bonds is 7. The average Bonchev–Trinajstić information content (AvgIpc) is 2.79. The number of nitrogens with zero attached hydrogens (tertiary/aromatic N) is 3. The van der Waals surface area contributed by atoms with Crippen molar-refractivity contribution in [3.8, 4) is 0 Å². The third kappa shape index (κ3) is 5.75. The number of hydrogen-bond donors (Lipinski definition) is 2. The fourth-order valence-corrected chi connectivity index (χ4v) is 4.81. The molecule has 2 aromatic rings. The van der Waals surface area contributed by atoms with Gasteiger partial charge in [0.15, 0.2) is 0 Å². The van der Waals surface area contributed by atoms with E-state index in [9.17, 15) is 9.18 Å². The number of hydrogen-bond acceptors (Lipinski definition) is 5. The Labute approximate surface area is 190 Å². The quantitative estimate of drug-likeness (QED) is 0.685. The van der Waals surface area contributed by atoms with Gasteiger partial charge in [0.05, 0.1) is 12.1 Å². The van der Waals surface area contributed by atoms with Crippen molar-refractivity contribution in [1.82, 2.24) is 15.3 Å². The SMILES string of the molecule is CN(C)c1nc(NC2CCC(CNC(=O)Cc3ccc(F)cc3)CC2)nc2c1CCCC2. The maximum Gasteiger partial charge on any atom is 0.225 e. The number of carbonyl (C=O) groups is 1. The average molecular weight is 440 g/mol. The van der Waals surface area contributed by atoms with Crippen LogP contribution >= 0.6 is 0 Å². The molecule has 0 radical (unpaired) electrons. The topological polar surface area (TPSA) is 70.2 Å². The summed E-state index contributed by atoms with van der Waals surface area (Å²) in [6.07, 6.45) is 9.06. The first-order valence-electron chi connectivity index (χ1n) is 11.8. The molecule has 0 bridgehead atoms. The van der Waals surface area contributed by atoms with Gasteiger partial charge in [0.2, 0.25) is 11.9 Å². The molecule has 2 aliphatic carbocycles. The van der Waals surface area contributed by atoms with Crippen LogP contribution < -0.4 is 15.5 Å². The molecule has 2 aliphatic rings. The van der Waals surface area contributed by atoms with Crippen LogP contribution in [0.3, 0.4) is 0 Å². The van der Waals surface area contributed by atoms with Crippen molar-refractivity contribution in [3.05, 3.63) is 46.9 Å². The van der Waals surface area contributed by atoms with E-state index in [1.54, 1.807) is 12.1 Å². The molecule has 1 aromatic carbocycles. The van der Waals surface area contributed by atoms with Gasteiger partial charge >= 0.3 is 0 Å². The molecule has 32 heavy (non-hydrogen) atoms. The summed E-state index contributed by atoms with van der Waals surface area (Å²) < 4.78 is 13.0. The smallest absolute Gasteiger partial charge is 0.225 e. The van der Waals surface area contributed by atoms with Crippen LogP contribution in [0.2, 0.25) is 0 Å². The van der Waals surface area contributed by atoms with Crippen molar-refractivity contribution in [1.29, 1.82) is 0 Å². The summed E-state index contributed by atoms with van der Waals surface area (Å²) in [5, 5.41) is 6.63. The van der Waals surface area contributed by atoms with E-state index in [1.165, 1.54) is 36.2 Å². The van der Waals surface area contributed by atoms with Crippen LogP contribution in [0.25, 0.3) is 0 Å². The fourth-order valence-electron chi connectivity index (χ4n) is 4.81. The van der Waals surface area contributed by atoms with Crippen LogP contribution in [0.4, 0.5) is 16.2 Å². The Kier molecular flexibility index (Phi) is 7.22. The lowest BCUT2D eigenvalue weighted by atomic mass is 9.86. The molecule has 1 aromatic heterocycles. The van der Waals surface area contributed by atoms with Gasteiger partial charge in [-0.3, -0.25) is 4.79 Å². The highest BCUT2D eigenvalue weighted by Gasteiger charge is 2.24. The number of nitrogens with one attached hydrogen (secondary N) is 2. The number of fused-ring (bicyclic) bond motifs is 1. The summed E-state index contributed by atoms with van der Waals surface area (Å²) in [6.45, 7) is 0.701. The Morgan fingerprint density at radius 2 is 1.78 bits per heavy atom. The van der Waals surface area contributed by atoms with Crippen molar-refractivity contribution in [2.24, 2.45) is 5.92 Å². The Bertz CT molecular complexity index is 923. The first kappa shape index (κ1) is 22.5. The van der Waals surface area contributed by atoms with Gasteiger partial charge in [-0.1, -0.05) is 12.1 Å². The molecule has 1 heterocycles. The minimum atomic E-state index is -0.279. The summed E-state index contributed by atoms with van der Waals surface area (Å²) in [5.41, 5.74) is 3.35. The lowest BCUT2D eigenvalue weighted by Gasteiger charge is -2.30. The van der Waals surface area contributed by atoms with Gasteiger partial charge in [-0.25, -0.2) is 9.37 Å². The van der Waals surface area contributed by atoms with E-state index in [2.05, 4.69) is 29.6 Å². The minimum Gasteiger partial charge on any atom is -0.362 e. The van der Waals surface area contributed by atoms with Crippen LogP contribution in [0.5, 0.6) is 0 Å². The maximum atomic E-state index is 13.0. The number of anilines is 2. The Balaban J connectivity index is 1.25. The zero-order valence-electron chi connectivity index (χ0n) is 19.2. The van der Waals surface area contributed by atoms with Gasteiger partial charge in [0.25, 0.3) is 0 Å². The number of aryl methyl sites for hydroxylation is 1. The van der Waals surface area contributed by atoms with Crippen molar-refractivity contribution in [2.45, 2.75) is 63.8 Å². The monoisotopic (exact) mass is 439 g/mol. The lowest BCUT2D eigenvalue weighted by molar-refractivity contribution is -0.120. The molecule has 6 nitrogen and oxygen atoms in total. The van der Waals surface area contributed by atoms with Crippen molar-refractivity contribution in [2.75, 3.05) is 30.9 Å². The molecule has 0 saturated heterocycles. The zero-order valence-corrected chi connectivity index (χ0v) is 19.2. The third-order valence-electron chi connectivity index (χ3n) is 6.63. The van der Waals surface area contributed by atoms with E-state index < -0.39 is 0 Å². The lowest BCUT2D eigenvalue weighted by Crippen LogP contribution is -2.35. The molecule has 0 spiro atoms. The molecule has 4 rings (SSSR count). The highest BCUT2D eigenvalue weighted by molar-refractivity contribution is 5.78. The fraction of sp³-hybridized carbons (Fsp3) is 0.560. The van der Waals surface area contributed by atoms with Gasteiger partial charge in [-0.2, -0.15) is 4.98 Å². The normalized spacial score (nSPS) is 20.3. The van der Waals surface area contributed by atoms with Crippen LogP contribution in [0, 0.1) is 11.7 Å². The van der Waals surface area contributed by atoms with Gasteiger partial charge < -0.3 is 15.5 Å². The van der Waals surface area contributed by atoms with Gasteiger partial charge in [0, 0.05) is 32.2 Å². The van der Waals surface area contributed by atoms with E-state index in [1.807, 2.05) is 0 Å². The number of aromatic nitrogens is 2. The highest BCUT2D eigenvalue weighted by Crippen LogP contribution is 2.30. The molecule has 7 heteroatoms. The Morgan fingerprint density at radius 1 is 1.06 bits per heavy atom. The number of halogens is 1.